The molecule has 0 unspecified atom stereocenters. The van der Waals surface area contributed by atoms with Crippen molar-refractivity contribution in [1.82, 2.24) is 0 Å². The standard InChI is InChI=1S/C10H12F2N2O2/c1-6(13)9(15)14-7-3-2-4-8(5-7)16-10(11)12/h2-6,10H,13H2,1H3,(H,14,15)/t6-/m0/s1. The second-order valence-electron chi connectivity index (χ2n) is 3.18. The minimum Gasteiger partial charge on any atom is -0.435 e. The summed E-state index contributed by atoms with van der Waals surface area (Å²) in [5.74, 6) is -0.410. The molecule has 1 aromatic rings. The number of benzene rings is 1. The van der Waals surface area contributed by atoms with Gasteiger partial charge < -0.3 is 15.8 Å². The number of ether oxygens (including phenoxy) is 1. The van der Waals surface area contributed by atoms with E-state index in [1.807, 2.05) is 0 Å². The van der Waals surface area contributed by atoms with Crippen LogP contribution in [0, 0.1) is 0 Å². The van der Waals surface area contributed by atoms with Gasteiger partial charge in [0.15, 0.2) is 0 Å². The van der Waals surface area contributed by atoms with Gasteiger partial charge in [-0.2, -0.15) is 8.78 Å². The Morgan fingerprint density at radius 2 is 2.19 bits per heavy atom. The van der Waals surface area contributed by atoms with Gasteiger partial charge in [0.1, 0.15) is 5.75 Å². The lowest BCUT2D eigenvalue weighted by atomic mass is 10.2. The summed E-state index contributed by atoms with van der Waals surface area (Å²) >= 11 is 0. The van der Waals surface area contributed by atoms with Gasteiger partial charge in [-0.3, -0.25) is 4.79 Å². The topological polar surface area (TPSA) is 64.4 Å². The monoisotopic (exact) mass is 230 g/mol. The maximum atomic E-state index is 11.9. The molecule has 0 aromatic heterocycles. The van der Waals surface area contributed by atoms with Gasteiger partial charge >= 0.3 is 6.61 Å². The van der Waals surface area contributed by atoms with E-state index in [1.165, 1.54) is 25.1 Å². The smallest absolute Gasteiger partial charge is 0.387 e. The number of carbonyl (C=O) groups excluding carboxylic acids is 1. The van der Waals surface area contributed by atoms with Crippen molar-refractivity contribution < 1.29 is 18.3 Å². The molecule has 0 aliphatic heterocycles. The van der Waals surface area contributed by atoms with Crippen LogP contribution < -0.4 is 15.8 Å². The quantitative estimate of drug-likeness (QED) is 0.825. The highest BCUT2D eigenvalue weighted by atomic mass is 19.3. The fraction of sp³-hybridized carbons (Fsp3) is 0.300. The van der Waals surface area contributed by atoms with E-state index in [-0.39, 0.29) is 5.75 Å². The molecule has 0 aliphatic rings. The zero-order chi connectivity index (χ0) is 12.1. The lowest BCUT2D eigenvalue weighted by Gasteiger charge is -2.09. The molecule has 3 N–H and O–H groups in total. The number of anilines is 1. The molecule has 88 valence electrons. The van der Waals surface area contributed by atoms with Crippen LogP contribution in [0.4, 0.5) is 14.5 Å². The van der Waals surface area contributed by atoms with Crippen molar-refractivity contribution in [2.75, 3.05) is 5.32 Å². The van der Waals surface area contributed by atoms with Crippen LogP contribution in [0.15, 0.2) is 24.3 Å². The van der Waals surface area contributed by atoms with E-state index in [9.17, 15) is 13.6 Å². The van der Waals surface area contributed by atoms with E-state index < -0.39 is 18.6 Å². The van der Waals surface area contributed by atoms with Crippen LogP contribution >= 0.6 is 0 Å². The molecule has 1 aromatic carbocycles. The van der Waals surface area contributed by atoms with Crippen LogP contribution in [0.1, 0.15) is 6.92 Å². The first-order valence-corrected chi connectivity index (χ1v) is 4.60. The molecule has 0 saturated heterocycles. The summed E-state index contributed by atoms with van der Waals surface area (Å²) < 4.78 is 28.0. The van der Waals surface area contributed by atoms with Gasteiger partial charge in [-0.1, -0.05) is 6.07 Å². The van der Waals surface area contributed by atoms with Crippen LogP contribution in [-0.2, 0) is 4.79 Å². The molecular weight excluding hydrogens is 218 g/mol. The predicted molar refractivity (Wildman–Crippen MR) is 55.4 cm³/mol. The number of carbonyl (C=O) groups is 1. The van der Waals surface area contributed by atoms with Gasteiger partial charge in [-0.05, 0) is 19.1 Å². The Bertz CT molecular complexity index is 370. The van der Waals surface area contributed by atoms with Crippen molar-refractivity contribution in [3.05, 3.63) is 24.3 Å². The van der Waals surface area contributed by atoms with Crippen LogP contribution in [-0.4, -0.2) is 18.6 Å². The molecule has 0 saturated carbocycles. The van der Waals surface area contributed by atoms with E-state index >= 15 is 0 Å². The van der Waals surface area contributed by atoms with Crippen molar-refractivity contribution in [3.8, 4) is 5.75 Å². The SMILES string of the molecule is C[C@H](N)C(=O)Nc1cccc(OC(F)F)c1. The minimum absolute atomic E-state index is 0.0162. The van der Waals surface area contributed by atoms with Crippen molar-refractivity contribution in [3.63, 3.8) is 0 Å². The Morgan fingerprint density at radius 1 is 1.50 bits per heavy atom. The van der Waals surface area contributed by atoms with Crippen molar-refractivity contribution in [2.24, 2.45) is 5.73 Å². The van der Waals surface area contributed by atoms with Crippen LogP contribution in [0.5, 0.6) is 5.75 Å². The van der Waals surface area contributed by atoms with E-state index in [0.29, 0.717) is 5.69 Å². The number of amides is 1. The second kappa shape index (κ2) is 5.41. The fourth-order valence-electron chi connectivity index (χ4n) is 1.01. The lowest BCUT2D eigenvalue weighted by Crippen LogP contribution is -2.32. The summed E-state index contributed by atoms with van der Waals surface area (Å²) in [5.41, 5.74) is 5.70. The Morgan fingerprint density at radius 3 is 2.75 bits per heavy atom. The zero-order valence-corrected chi connectivity index (χ0v) is 8.61. The Labute approximate surface area is 91.4 Å². The molecule has 0 heterocycles. The summed E-state index contributed by atoms with van der Waals surface area (Å²) in [6, 6.07) is 5.05. The molecular formula is C10H12F2N2O2. The molecule has 0 bridgehead atoms. The van der Waals surface area contributed by atoms with E-state index in [2.05, 4.69) is 10.1 Å². The Kier molecular flexibility index (Phi) is 4.19. The van der Waals surface area contributed by atoms with Gasteiger partial charge in [-0.25, -0.2) is 0 Å². The number of nitrogens with one attached hydrogen (secondary N) is 1. The van der Waals surface area contributed by atoms with Gasteiger partial charge in [-0.15, -0.1) is 0 Å². The molecule has 0 fully saturated rings. The van der Waals surface area contributed by atoms with Gasteiger partial charge in [0, 0.05) is 11.8 Å². The first-order valence-electron chi connectivity index (χ1n) is 4.60. The number of halogens is 2. The van der Waals surface area contributed by atoms with E-state index in [4.69, 9.17) is 5.73 Å². The van der Waals surface area contributed by atoms with Crippen LogP contribution in [0.25, 0.3) is 0 Å². The highest BCUT2D eigenvalue weighted by Crippen LogP contribution is 2.19. The number of hydrogen-bond acceptors (Lipinski definition) is 3. The maximum absolute atomic E-state index is 11.9. The first-order chi connectivity index (χ1) is 7.49. The Balaban J connectivity index is 2.71. The number of alkyl halides is 2. The summed E-state index contributed by atoms with van der Waals surface area (Å²) in [5, 5.41) is 2.47. The zero-order valence-electron chi connectivity index (χ0n) is 8.61. The fourth-order valence-corrected chi connectivity index (χ4v) is 1.01. The van der Waals surface area contributed by atoms with Gasteiger partial charge in [0.25, 0.3) is 0 Å². The van der Waals surface area contributed by atoms with Crippen LogP contribution in [0.3, 0.4) is 0 Å². The van der Waals surface area contributed by atoms with E-state index in [0.717, 1.165) is 0 Å². The van der Waals surface area contributed by atoms with Crippen LogP contribution in [0.2, 0.25) is 0 Å². The third-order valence-electron chi connectivity index (χ3n) is 1.74. The molecule has 16 heavy (non-hydrogen) atoms. The average Bonchev–Trinajstić information content (AvgIpc) is 2.16. The van der Waals surface area contributed by atoms with Gasteiger partial charge in [0.05, 0.1) is 6.04 Å². The predicted octanol–water partition coefficient (Wildman–Crippen LogP) is 1.57. The minimum atomic E-state index is -2.89. The summed E-state index contributed by atoms with van der Waals surface area (Å²) in [6.45, 7) is -1.37. The van der Waals surface area contributed by atoms with Crippen molar-refractivity contribution >= 4 is 11.6 Å². The number of hydrogen-bond donors (Lipinski definition) is 2. The molecule has 4 nitrogen and oxygen atoms in total. The summed E-state index contributed by atoms with van der Waals surface area (Å²) in [7, 11) is 0. The molecule has 0 aliphatic carbocycles. The van der Waals surface area contributed by atoms with E-state index in [1.54, 1.807) is 6.07 Å². The second-order valence-corrected chi connectivity index (χ2v) is 3.18. The molecule has 1 rings (SSSR count). The highest BCUT2D eigenvalue weighted by Gasteiger charge is 2.09. The summed E-state index contributed by atoms with van der Waals surface area (Å²) in [4.78, 5) is 11.2. The molecule has 0 radical (unpaired) electrons. The lowest BCUT2D eigenvalue weighted by molar-refractivity contribution is -0.117. The third-order valence-corrected chi connectivity index (χ3v) is 1.74. The maximum Gasteiger partial charge on any atom is 0.387 e. The highest BCUT2D eigenvalue weighted by molar-refractivity contribution is 5.94. The largest absolute Gasteiger partial charge is 0.435 e. The normalized spacial score (nSPS) is 12.3. The van der Waals surface area contributed by atoms with Gasteiger partial charge in [0.2, 0.25) is 5.91 Å². The molecule has 1 amide bonds. The third kappa shape index (κ3) is 3.82. The first kappa shape index (κ1) is 12.4. The van der Waals surface area contributed by atoms with Crippen molar-refractivity contribution in [2.45, 2.75) is 19.6 Å². The Hall–Kier alpha value is -1.69. The average molecular weight is 230 g/mol. The summed E-state index contributed by atoms with van der Waals surface area (Å²) in [6.07, 6.45) is 0. The van der Waals surface area contributed by atoms with Crippen molar-refractivity contribution in [1.29, 1.82) is 0 Å². The number of nitrogens with two attached hydrogens (primary N) is 1. The molecule has 0 spiro atoms. The number of rotatable bonds is 4. The molecule has 6 heteroatoms. The molecule has 1 atom stereocenters.